The zero-order valence-corrected chi connectivity index (χ0v) is 15.0. The Balaban J connectivity index is 2.23. The Kier molecular flexibility index (Phi) is 4.39. The minimum Gasteiger partial charge on any atom is -0.443 e. The Morgan fingerprint density at radius 1 is 1.19 bits per heavy atom. The first-order valence-electron chi connectivity index (χ1n) is 6.40. The van der Waals surface area contributed by atoms with Gasteiger partial charge in [-0.15, -0.1) is 0 Å². The van der Waals surface area contributed by atoms with Crippen molar-refractivity contribution in [1.82, 2.24) is 4.31 Å². The van der Waals surface area contributed by atoms with Gasteiger partial charge in [-0.25, -0.2) is 4.79 Å². The molecule has 0 N–H and O–H groups in total. The summed E-state index contributed by atoms with van der Waals surface area (Å²) >= 11 is 2.15. The average molecular weight is 424 g/mol. The molecule has 21 heavy (non-hydrogen) atoms. The Bertz CT molecular complexity index is 637. The molecule has 116 valence electrons. The van der Waals surface area contributed by atoms with Crippen LogP contribution in [0.4, 0.5) is 10.5 Å². The lowest BCUT2D eigenvalue weighted by atomic mass is 10.2. The third kappa shape index (κ3) is 3.60. The van der Waals surface area contributed by atoms with E-state index in [-0.39, 0.29) is 13.1 Å². The molecule has 6 nitrogen and oxygen atoms in total. The maximum Gasteiger partial charge on any atom is 0.425 e. The standard InChI is InChI=1S/C13H17IN2O4S/c1-13(2,3)20-12(17)16-9-8-15(21(16,18)19)11-6-4-10(14)5-7-11/h4-7H,8-9H2,1-3H3. The van der Waals surface area contributed by atoms with Crippen LogP contribution in [0.15, 0.2) is 24.3 Å². The predicted octanol–water partition coefficient (Wildman–Crippen LogP) is 2.59. The number of hydrogen-bond acceptors (Lipinski definition) is 4. The fourth-order valence-electron chi connectivity index (χ4n) is 1.90. The first kappa shape index (κ1) is 16.3. The number of hydrogen-bond donors (Lipinski definition) is 0. The van der Waals surface area contributed by atoms with Crippen molar-refractivity contribution in [3.63, 3.8) is 0 Å². The zero-order valence-electron chi connectivity index (χ0n) is 12.0. The summed E-state index contributed by atoms with van der Waals surface area (Å²) in [5.74, 6) is 0. The van der Waals surface area contributed by atoms with E-state index in [4.69, 9.17) is 4.74 Å². The van der Waals surface area contributed by atoms with Gasteiger partial charge in [-0.2, -0.15) is 12.7 Å². The molecule has 0 aromatic heterocycles. The minimum atomic E-state index is -3.88. The topological polar surface area (TPSA) is 66.9 Å². The van der Waals surface area contributed by atoms with Gasteiger partial charge in [0.1, 0.15) is 5.60 Å². The molecule has 1 aromatic rings. The quantitative estimate of drug-likeness (QED) is 0.651. The van der Waals surface area contributed by atoms with Gasteiger partial charge in [0.25, 0.3) is 0 Å². The molecule has 1 saturated heterocycles. The summed E-state index contributed by atoms with van der Waals surface area (Å²) in [6.07, 6.45) is -0.837. The Labute approximate surface area is 138 Å². The highest BCUT2D eigenvalue weighted by Crippen LogP contribution is 2.27. The normalized spacial score (nSPS) is 17.9. The van der Waals surface area contributed by atoms with Crippen LogP contribution in [0.5, 0.6) is 0 Å². The smallest absolute Gasteiger partial charge is 0.425 e. The van der Waals surface area contributed by atoms with Crippen molar-refractivity contribution in [1.29, 1.82) is 0 Å². The maximum atomic E-state index is 12.5. The number of anilines is 1. The molecule has 1 aliphatic heterocycles. The fraction of sp³-hybridized carbons (Fsp3) is 0.462. The van der Waals surface area contributed by atoms with Crippen LogP contribution in [-0.4, -0.2) is 37.5 Å². The van der Waals surface area contributed by atoms with Crippen LogP contribution in [0, 0.1) is 3.57 Å². The van der Waals surface area contributed by atoms with Crippen molar-refractivity contribution in [2.24, 2.45) is 0 Å². The molecule has 8 heteroatoms. The number of amides is 1. The summed E-state index contributed by atoms with van der Waals surface area (Å²) in [4.78, 5) is 12.0. The molecule has 0 aliphatic carbocycles. The zero-order chi connectivity index (χ0) is 15.8. The van der Waals surface area contributed by atoms with Gasteiger partial charge in [0.05, 0.1) is 18.8 Å². The van der Waals surface area contributed by atoms with Gasteiger partial charge >= 0.3 is 16.3 Å². The molecule has 0 spiro atoms. The van der Waals surface area contributed by atoms with Crippen LogP contribution >= 0.6 is 22.6 Å². The number of rotatable bonds is 1. The summed E-state index contributed by atoms with van der Waals surface area (Å²) in [5.41, 5.74) is -0.190. The minimum absolute atomic E-state index is 0.0865. The van der Waals surface area contributed by atoms with Crippen LogP contribution in [-0.2, 0) is 14.9 Å². The lowest BCUT2D eigenvalue weighted by Gasteiger charge is -2.24. The van der Waals surface area contributed by atoms with E-state index < -0.39 is 21.9 Å². The Morgan fingerprint density at radius 2 is 1.76 bits per heavy atom. The molecule has 1 aliphatic rings. The van der Waals surface area contributed by atoms with Gasteiger partial charge in [0.2, 0.25) is 0 Å². The van der Waals surface area contributed by atoms with E-state index in [1.54, 1.807) is 32.9 Å². The monoisotopic (exact) mass is 424 g/mol. The van der Waals surface area contributed by atoms with Crippen molar-refractivity contribution in [3.05, 3.63) is 27.8 Å². The van der Waals surface area contributed by atoms with Gasteiger partial charge in [-0.05, 0) is 67.6 Å². The number of ether oxygens (including phenoxy) is 1. The van der Waals surface area contributed by atoms with Crippen molar-refractivity contribution in [2.75, 3.05) is 17.4 Å². The van der Waals surface area contributed by atoms with E-state index in [1.807, 2.05) is 12.1 Å². The third-order valence-electron chi connectivity index (χ3n) is 2.77. The van der Waals surface area contributed by atoms with E-state index in [2.05, 4.69) is 22.6 Å². The maximum absolute atomic E-state index is 12.5. The average Bonchev–Trinajstić information content (AvgIpc) is 2.63. The molecule has 2 rings (SSSR count). The fourth-order valence-corrected chi connectivity index (χ4v) is 3.74. The van der Waals surface area contributed by atoms with E-state index >= 15 is 0 Å². The molecule has 1 amide bonds. The second kappa shape index (κ2) is 5.64. The molecular weight excluding hydrogens is 407 g/mol. The second-order valence-electron chi connectivity index (χ2n) is 5.61. The molecule has 0 radical (unpaired) electrons. The van der Waals surface area contributed by atoms with Gasteiger partial charge in [-0.3, -0.25) is 4.31 Å². The van der Waals surface area contributed by atoms with Crippen molar-refractivity contribution in [2.45, 2.75) is 26.4 Å². The van der Waals surface area contributed by atoms with Crippen LogP contribution in [0.25, 0.3) is 0 Å². The molecule has 0 saturated carbocycles. The number of halogens is 1. The van der Waals surface area contributed by atoms with Crippen LogP contribution in [0.1, 0.15) is 20.8 Å². The number of carbonyl (C=O) groups excluding carboxylic acids is 1. The van der Waals surface area contributed by atoms with Gasteiger partial charge in [0, 0.05) is 3.57 Å². The van der Waals surface area contributed by atoms with Crippen molar-refractivity contribution < 1.29 is 17.9 Å². The highest BCUT2D eigenvalue weighted by Gasteiger charge is 2.42. The predicted molar refractivity (Wildman–Crippen MR) is 88.4 cm³/mol. The Hall–Kier alpha value is -1.03. The van der Waals surface area contributed by atoms with E-state index in [1.165, 1.54) is 4.31 Å². The van der Waals surface area contributed by atoms with Gasteiger partial charge < -0.3 is 4.74 Å². The number of carbonyl (C=O) groups is 1. The highest BCUT2D eigenvalue weighted by atomic mass is 127. The molecule has 1 aromatic carbocycles. The van der Waals surface area contributed by atoms with E-state index in [0.717, 1.165) is 7.88 Å². The molecule has 1 heterocycles. The van der Waals surface area contributed by atoms with E-state index in [0.29, 0.717) is 5.69 Å². The van der Waals surface area contributed by atoms with Crippen LogP contribution in [0.2, 0.25) is 0 Å². The molecule has 0 unspecified atom stereocenters. The number of benzene rings is 1. The highest BCUT2D eigenvalue weighted by molar-refractivity contribution is 14.1. The second-order valence-corrected chi connectivity index (χ2v) is 8.63. The summed E-state index contributed by atoms with van der Waals surface area (Å²) in [6.45, 7) is 5.41. The van der Waals surface area contributed by atoms with Crippen molar-refractivity contribution in [3.8, 4) is 0 Å². The summed E-state index contributed by atoms with van der Waals surface area (Å²) < 4.78 is 33.1. The first-order valence-corrected chi connectivity index (χ1v) is 8.88. The number of nitrogens with zero attached hydrogens (tertiary/aromatic N) is 2. The van der Waals surface area contributed by atoms with Crippen LogP contribution in [0.3, 0.4) is 0 Å². The lowest BCUT2D eigenvalue weighted by molar-refractivity contribution is 0.0405. The molecule has 1 fully saturated rings. The summed E-state index contributed by atoms with van der Waals surface area (Å²) in [5, 5.41) is 0. The third-order valence-corrected chi connectivity index (χ3v) is 5.33. The largest absolute Gasteiger partial charge is 0.443 e. The molecule has 0 bridgehead atoms. The van der Waals surface area contributed by atoms with Crippen molar-refractivity contribution >= 4 is 44.6 Å². The van der Waals surface area contributed by atoms with E-state index in [9.17, 15) is 13.2 Å². The molecule has 0 atom stereocenters. The first-order chi connectivity index (χ1) is 9.61. The SMILES string of the molecule is CC(C)(C)OC(=O)N1CCN(c2ccc(I)cc2)S1(=O)=O. The van der Waals surface area contributed by atoms with Gasteiger partial charge in [-0.1, -0.05) is 0 Å². The lowest BCUT2D eigenvalue weighted by Crippen LogP contribution is -2.40. The summed E-state index contributed by atoms with van der Waals surface area (Å²) in [7, 11) is -3.88. The van der Waals surface area contributed by atoms with Gasteiger partial charge in [0.15, 0.2) is 0 Å². The Morgan fingerprint density at radius 3 is 2.29 bits per heavy atom. The molecular formula is C13H17IN2O4S. The van der Waals surface area contributed by atoms with Crippen LogP contribution < -0.4 is 4.31 Å². The summed E-state index contributed by atoms with van der Waals surface area (Å²) in [6, 6.07) is 7.08.